The molecule has 1 saturated carbocycles. The highest BCUT2D eigenvalue weighted by molar-refractivity contribution is 6.32. The van der Waals surface area contributed by atoms with Gasteiger partial charge in [-0.25, -0.2) is 4.98 Å². The molecule has 1 aliphatic heterocycles. The molecule has 31 heavy (non-hydrogen) atoms. The molecule has 7 nitrogen and oxygen atoms in total. The van der Waals surface area contributed by atoms with Crippen molar-refractivity contribution in [3.05, 3.63) is 35.2 Å². The number of para-hydroxylation sites is 1. The summed E-state index contributed by atoms with van der Waals surface area (Å²) in [6, 6.07) is 7.23. The summed E-state index contributed by atoms with van der Waals surface area (Å²) in [5.74, 6) is 1.24. The predicted octanol–water partition coefficient (Wildman–Crippen LogP) is 4.17. The molecule has 1 atom stereocenters. The molecule has 1 fully saturated rings. The number of amides is 2. The standard InChI is InChI=1S/C23H30ClN5O2/c24-21-20-16-5-1-2-6-17(16)26-19(30)8-4-3-7-18(22(28-20)29-21)27-23(31)15-11-9-14(13-25)10-12-15/h1-2,5-6,14-15,18H,3-4,7-13,25H2,(H,26,30)(H,27,31)(H,28,29)/t14-,15-,18-/m0/s1. The Morgan fingerprint density at radius 1 is 1.16 bits per heavy atom. The number of imidazole rings is 1. The van der Waals surface area contributed by atoms with Gasteiger partial charge in [-0.3, -0.25) is 9.59 Å². The van der Waals surface area contributed by atoms with Crippen LogP contribution < -0.4 is 16.4 Å². The fourth-order valence-corrected chi connectivity index (χ4v) is 4.83. The summed E-state index contributed by atoms with van der Waals surface area (Å²) in [6.45, 7) is 0.694. The van der Waals surface area contributed by atoms with Crippen LogP contribution in [0, 0.1) is 11.8 Å². The fourth-order valence-electron chi connectivity index (χ4n) is 4.59. The lowest BCUT2D eigenvalue weighted by molar-refractivity contribution is -0.127. The van der Waals surface area contributed by atoms with Gasteiger partial charge in [-0.1, -0.05) is 36.2 Å². The van der Waals surface area contributed by atoms with E-state index in [0.717, 1.165) is 44.1 Å². The number of fused-ring (bicyclic) bond motifs is 4. The average molecular weight is 444 g/mol. The van der Waals surface area contributed by atoms with Crippen molar-refractivity contribution in [2.24, 2.45) is 17.6 Å². The Balaban J connectivity index is 1.58. The summed E-state index contributed by atoms with van der Waals surface area (Å²) in [7, 11) is 0. The van der Waals surface area contributed by atoms with Crippen molar-refractivity contribution >= 4 is 29.1 Å². The lowest BCUT2D eigenvalue weighted by Gasteiger charge is -2.28. The van der Waals surface area contributed by atoms with Crippen molar-refractivity contribution in [3.8, 4) is 11.3 Å². The summed E-state index contributed by atoms with van der Waals surface area (Å²) >= 11 is 6.51. The minimum atomic E-state index is -0.263. The average Bonchev–Trinajstić information content (AvgIpc) is 3.17. The first-order chi connectivity index (χ1) is 15.0. The SMILES string of the molecule is NC[C@H]1CC[C@H](C(=O)N[C@H]2CCCCC(=O)Nc3ccccc3-c3nc2[nH]c3Cl)CC1. The molecule has 5 N–H and O–H groups in total. The fraction of sp³-hybridized carbons (Fsp3) is 0.522. The second kappa shape index (κ2) is 9.83. The first-order valence-electron chi connectivity index (χ1n) is 11.2. The molecule has 2 bridgehead atoms. The van der Waals surface area contributed by atoms with Crippen molar-refractivity contribution in [1.29, 1.82) is 0 Å². The molecule has 0 radical (unpaired) electrons. The molecule has 2 aliphatic rings. The van der Waals surface area contributed by atoms with Crippen molar-refractivity contribution in [3.63, 3.8) is 0 Å². The third-order valence-electron chi connectivity index (χ3n) is 6.48. The van der Waals surface area contributed by atoms with E-state index < -0.39 is 0 Å². The van der Waals surface area contributed by atoms with Crippen molar-refractivity contribution < 1.29 is 9.59 Å². The maximum atomic E-state index is 13.0. The van der Waals surface area contributed by atoms with Crippen LogP contribution in [0.1, 0.15) is 63.2 Å². The van der Waals surface area contributed by atoms with E-state index in [1.807, 2.05) is 24.3 Å². The number of nitrogens with two attached hydrogens (primary N) is 1. The third kappa shape index (κ3) is 5.10. The van der Waals surface area contributed by atoms with Crippen LogP contribution >= 0.6 is 11.6 Å². The summed E-state index contributed by atoms with van der Waals surface area (Å²) in [4.78, 5) is 33.3. The molecule has 2 amide bonds. The number of nitrogens with zero attached hydrogens (tertiary/aromatic N) is 1. The Bertz CT molecular complexity index is 936. The number of carbonyl (C=O) groups is 2. The Hall–Kier alpha value is -2.38. The topological polar surface area (TPSA) is 113 Å². The Morgan fingerprint density at radius 2 is 1.94 bits per heavy atom. The van der Waals surface area contributed by atoms with E-state index >= 15 is 0 Å². The number of hydrogen-bond acceptors (Lipinski definition) is 4. The summed E-state index contributed by atoms with van der Waals surface area (Å²) < 4.78 is 0. The number of carbonyl (C=O) groups excluding carboxylic acids is 2. The van der Waals surface area contributed by atoms with Crippen LogP contribution in [0.3, 0.4) is 0 Å². The smallest absolute Gasteiger partial charge is 0.224 e. The van der Waals surface area contributed by atoms with E-state index in [2.05, 4.69) is 15.6 Å². The maximum absolute atomic E-state index is 13.0. The molecule has 4 rings (SSSR count). The predicted molar refractivity (Wildman–Crippen MR) is 122 cm³/mol. The van der Waals surface area contributed by atoms with Gasteiger partial charge in [-0.2, -0.15) is 0 Å². The molecule has 2 aromatic rings. The number of benzene rings is 1. The molecule has 0 saturated heterocycles. The van der Waals surface area contributed by atoms with Crippen LogP contribution in [-0.2, 0) is 9.59 Å². The van der Waals surface area contributed by atoms with Gasteiger partial charge in [-0.15, -0.1) is 0 Å². The number of hydrogen-bond donors (Lipinski definition) is 4. The molecule has 0 unspecified atom stereocenters. The van der Waals surface area contributed by atoms with E-state index in [1.54, 1.807) is 0 Å². The van der Waals surface area contributed by atoms with Gasteiger partial charge in [0.05, 0.1) is 11.7 Å². The Kier molecular flexibility index (Phi) is 6.92. The van der Waals surface area contributed by atoms with Crippen LogP contribution in [0.25, 0.3) is 11.3 Å². The van der Waals surface area contributed by atoms with Crippen LogP contribution in [0.5, 0.6) is 0 Å². The number of aromatic amines is 1. The second-order valence-corrected chi connectivity index (χ2v) is 9.02. The minimum absolute atomic E-state index is 0.0144. The van der Waals surface area contributed by atoms with E-state index in [1.165, 1.54) is 0 Å². The number of halogens is 1. The van der Waals surface area contributed by atoms with Crippen molar-refractivity contribution in [2.45, 2.75) is 57.4 Å². The number of aromatic nitrogens is 2. The highest BCUT2D eigenvalue weighted by Gasteiger charge is 2.29. The Labute approximate surface area is 187 Å². The molecule has 8 heteroatoms. The number of nitrogens with one attached hydrogen (secondary N) is 3. The molecule has 1 aliphatic carbocycles. The number of H-pyrrole nitrogens is 1. The van der Waals surface area contributed by atoms with Gasteiger partial charge in [0, 0.05) is 17.9 Å². The maximum Gasteiger partial charge on any atom is 0.224 e. The molecular formula is C23H30ClN5O2. The highest BCUT2D eigenvalue weighted by Crippen LogP contribution is 2.35. The van der Waals surface area contributed by atoms with Crippen molar-refractivity contribution in [1.82, 2.24) is 15.3 Å². The zero-order valence-corrected chi connectivity index (χ0v) is 18.4. The van der Waals surface area contributed by atoms with Gasteiger partial charge in [0.15, 0.2) is 0 Å². The van der Waals surface area contributed by atoms with Gasteiger partial charge in [0.2, 0.25) is 11.8 Å². The van der Waals surface area contributed by atoms with Crippen LogP contribution in [0.2, 0.25) is 5.15 Å². The van der Waals surface area contributed by atoms with E-state index in [-0.39, 0.29) is 23.8 Å². The zero-order chi connectivity index (χ0) is 21.8. The largest absolute Gasteiger partial charge is 0.346 e. The molecule has 0 spiro atoms. The van der Waals surface area contributed by atoms with E-state index in [0.29, 0.717) is 47.7 Å². The zero-order valence-electron chi connectivity index (χ0n) is 17.6. The first kappa shape index (κ1) is 21.8. The van der Waals surface area contributed by atoms with Gasteiger partial charge in [0.25, 0.3) is 0 Å². The summed E-state index contributed by atoms with van der Waals surface area (Å²) in [6.07, 6.45) is 6.42. The van der Waals surface area contributed by atoms with Crippen molar-refractivity contribution in [2.75, 3.05) is 11.9 Å². The van der Waals surface area contributed by atoms with E-state index in [9.17, 15) is 9.59 Å². The minimum Gasteiger partial charge on any atom is -0.346 e. The van der Waals surface area contributed by atoms with Gasteiger partial charge < -0.3 is 21.4 Å². The number of rotatable bonds is 3. The molecular weight excluding hydrogens is 414 g/mol. The highest BCUT2D eigenvalue weighted by atomic mass is 35.5. The van der Waals surface area contributed by atoms with Gasteiger partial charge in [0.1, 0.15) is 16.7 Å². The van der Waals surface area contributed by atoms with E-state index in [4.69, 9.17) is 22.3 Å². The van der Waals surface area contributed by atoms with Gasteiger partial charge in [-0.05, 0) is 57.1 Å². The molecule has 1 aromatic heterocycles. The quantitative estimate of drug-likeness (QED) is 0.570. The lowest BCUT2D eigenvalue weighted by Crippen LogP contribution is -2.37. The number of anilines is 1. The normalized spacial score (nSPS) is 24.3. The second-order valence-electron chi connectivity index (χ2n) is 8.64. The van der Waals surface area contributed by atoms with Gasteiger partial charge >= 0.3 is 0 Å². The monoisotopic (exact) mass is 443 g/mol. The van der Waals surface area contributed by atoms with Crippen LogP contribution in [0.15, 0.2) is 24.3 Å². The first-order valence-corrected chi connectivity index (χ1v) is 11.6. The van der Waals surface area contributed by atoms with Crippen LogP contribution in [-0.4, -0.2) is 28.3 Å². The van der Waals surface area contributed by atoms with Crippen LogP contribution in [0.4, 0.5) is 5.69 Å². The third-order valence-corrected chi connectivity index (χ3v) is 6.75. The lowest BCUT2D eigenvalue weighted by atomic mass is 9.81. The summed E-state index contributed by atoms with van der Waals surface area (Å²) in [5.41, 5.74) is 7.81. The molecule has 166 valence electrons. The summed E-state index contributed by atoms with van der Waals surface area (Å²) in [5, 5.41) is 6.58. The Morgan fingerprint density at radius 3 is 2.71 bits per heavy atom. The molecule has 1 aromatic carbocycles. The molecule has 2 heterocycles.